The van der Waals surface area contributed by atoms with Crippen molar-refractivity contribution in [3.05, 3.63) is 29.8 Å². The van der Waals surface area contributed by atoms with Gasteiger partial charge >= 0.3 is 0 Å². The lowest BCUT2D eigenvalue weighted by Gasteiger charge is -2.27. The van der Waals surface area contributed by atoms with Crippen LogP contribution in [0.25, 0.3) is 0 Å². The molecule has 1 saturated heterocycles. The smallest absolute Gasteiger partial charge is 0.267 e. The SMILES string of the molecule is CNc1ccccc1C(=O)NN1CCOCC1. The molecule has 0 unspecified atom stereocenters. The van der Waals surface area contributed by atoms with E-state index in [1.165, 1.54) is 0 Å². The molecular formula is C12H17N3O2. The van der Waals surface area contributed by atoms with Crippen LogP contribution >= 0.6 is 0 Å². The molecular weight excluding hydrogens is 218 g/mol. The quantitative estimate of drug-likeness (QED) is 0.810. The molecule has 1 aliphatic rings. The van der Waals surface area contributed by atoms with Crippen LogP contribution in [0, 0.1) is 0 Å². The number of nitrogens with one attached hydrogen (secondary N) is 2. The number of rotatable bonds is 3. The molecule has 1 aromatic carbocycles. The lowest BCUT2D eigenvalue weighted by molar-refractivity contribution is 0.0126. The van der Waals surface area contributed by atoms with Gasteiger partial charge in [-0.2, -0.15) is 0 Å². The zero-order valence-corrected chi connectivity index (χ0v) is 9.90. The lowest BCUT2D eigenvalue weighted by atomic mass is 10.1. The Morgan fingerprint density at radius 2 is 2.00 bits per heavy atom. The van der Waals surface area contributed by atoms with E-state index in [0.717, 1.165) is 18.8 Å². The average molecular weight is 235 g/mol. The molecule has 5 heteroatoms. The summed E-state index contributed by atoms with van der Waals surface area (Å²) in [5.74, 6) is -0.0862. The van der Waals surface area contributed by atoms with Gasteiger partial charge in [0.05, 0.1) is 18.8 Å². The summed E-state index contributed by atoms with van der Waals surface area (Å²) in [7, 11) is 1.81. The van der Waals surface area contributed by atoms with Crippen LogP contribution in [0.5, 0.6) is 0 Å². The maximum atomic E-state index is 12.1. The minimum absolute atomic E-state index is 0.0862. The molecule has 2 N–H and O–H groups in total. The molecule has 0 atom stereocenters. The number of anilines is 1. The average Bonchev–Trinajstić information content (AvgIpc) is 2.40. The molecule has 1 fully saturated rings. The first kappa shape index (κ1) is 11.9. The number of nitrogens with zero attached hydrogens (tertiary/aromatic N) is 1. The van der Waals surface area contributed by atoms with Gasteiger partial charge in [-0.1, -0.05) is 12.1 Å². The van der Waals surface area contributed by atoms with Crippen molar-refractivity contribution in [3.8, 4) is 0 Å². The van der Waals surface area contributed by atoms with Crippen molar-refractivity contribution in [2.75, 3.05) is 38.7 Å². The van der Waals surface area contributed by atoms with Gasteiger partial charge in [0.2, 0.25) is 0 Å². The highest BCUT2D eigenvalue weighted by Crippen LogP contribution is 2.13. The third kappa shape index (κ3) is 2.95. The summed E-state index contributed by atoms with van der Waals surface area (Å²) < 4.78 is 5.23. The Kier molecular flexibility index (Phi) is 3.95. The Morgan fingerprint density at radius 3 is 2.71 bits per heavy atom. The van der Waals surface area contributed by atoms with E-state index in [1.54, 1.807) is 7.05 Å². The number of carbonyl (C=O) groups excluding carboxylic acids is 1. The molecule has 0 aromatic heterocycles. The number of benzene rings is 1. The van der Waals surface area contributed by atoms with E-state index in [0.29, 0.717) is 18.8 Å². The number of hydrazine groups is 1. The number of para-hydroxylation sites is 1. The number of hydrogen-bond acceptors (Lipinski definition) is 4. The summed E-state index contributed by atoms with van der Waals surface area (Å²) in [6.07, 6.45) is 0. The number of hydrogen-bond donors (Lipinski definition) is 2. The molecule has 0 radical (unpaired) electrons. The summed E-state index contributed by atoms with van der Waals surface area (Å²) in [4.78, 5) is 12.1. The van der Waals surface area contributed by atoms with Gasteiger partial charge in [0.15, 0.2) is 0 Å². The highest BCUT2D eigenvalue weighted by molar-refractivity contribution is 5.99. The Morgan fingerprint density at radius 1 is 1.29 bits per heavy atom. The Labute approximate surface area is 101 Å². The fourth-order valence-corrected chi connectivity index (χ4v) is 1.78. The minimum atomic E-state index is -0.0862. The summed E-state index contributed by atoms with van der Waals surface area (Å²) in [5, 5.41) is 4.90. The van der Waals surface area contributed by atoms with Crippen LogP contribution in [-0.2, 0) is 4.74 Å². The Balaban J connectivity index is 2.03. The molecule has 1 aliphatic heterocycles. The molecule has 1 heterocycles. The lowest BCUT2D eigenvalue weighted by Crippen LogP contribution is -2.48. The van der Waals surface area contributed by atoms with Crippen LogP contribution in [0.2, 0.25) is 0 Å². The second-order valence-electron chi connectivity index (χ2n) is 3.84. The molecule has 92 valence electrons. The minimum Gasteiger partial charge on any atom is -0.387 e. The molecule has 0 bridgehead atoms. The van der Waals surface area contributed by atoms with E-state index < -0.39 is 0 Å². The van der Waals surface area contributed by atoms with Crippen LogP contribution in [-0.4, -0.2) is 44.3 Å². The van der Waals surface area contributed by atoms with E-state index in [-0.39, 0.29) is 5.91 Å². The first-order chi connectivity index (χ1) is 8.31. The number of morpholine rings is 1. The summed E-state index contributed by atoms with van der Waals surface area (Å²) in [5.41, 5.74) is 4.37. The van der Waals surface area contributed by atoms with Gasteiger partial charge in [0, 0.05) is 25.8 Å². The standard InChI is InChI=1S/C12H17N3O2/c1-13-11-5-3-2-4-10(11)12(16)14-15-6-8-17-9-7-15/h2-5,13H,6-9H2,1H3,(H,14,16). The Hall–Kier alpha value is -1.59. The zero-order valence-electron chi connectivity index (χ0n) is 9.90. The largest absolute Gasteiger partial charge is 0.387 e. The first-order valence-electron chi connectivity index (χ1n) is 5.71. The molecule has 0 spiro atoms. The highest BCUT2D eigenvalue weighted by atomic mass is 16.5. The van der Waals surface area contributed by atoms with Gasteiger partial charge in [-0.05, 0) is 12.1 Å². The molecule has 1 aromatic rings. The molecule has 5 nitrogen and oxygen atoms in total. The van der Waals surface area contributed by atoms with Crippen LogP contribution < -0.4 is 10.7 Å². The third-order valence-electron chi connectivity index (χ3n) is 2.71. The van der Waals surface area contributed by atoms with E-state index in [1.807, 2.05) is 29.3 Å². The van der Waals surface area contributed by atoms with Crippen LogP contribution in [0.3, 0.4) is 0 Å². The first-order valence-corrected chi connectivity index (χ1v) is 5.71. The second-order valence-corrected chi connectivity index (χ2v) is 3.84. The molecule has 0 aliphatic carbocycles. The third-order valence-corrected chi connectivity index (χ3v) is 2.71. The van der Waals surface area contributed by atoms with Crippen molar-refractivity contribution in [2.45, 2.75) is 0 Å². The van der Waals surface area contributed by atoms with Crippen molar-refractivity contribution in [1.82, 2.24) is 10.4 Å². The number of amides is 1. The van der Waals surface area contributed by atoms with Crippen molar-refractivity contribution in [1.29, 1.82) is 0 Å². The van der Waals surface area contributed by atoms with Crippen molar-refractivity contribution < 1.29 is 9.53 Å². The second kappa shape index (κ2) is 5.65. The topological polar surface area (TPSA) is 53.6 Å². The van der Waals surface area contributed by atoms with Gasteiger partial charge in [-0.25, -0.2) is 5.01 Å². The van der Waals surface area contributed by atoms with Crippen LogP contribution in [0.1, 0.15) is 10.4 Å². The molecule has 17 heavy (non-hydrogen) atoms. The number of ether oxygens (including phenoxy) is 1. The van der Waals surface area contributed by atoms with Gasteiger partial charge in [0.1, 0.15) is 0 Å². The van der Waals surface area contributed by atoms with E-state index >= 15 is 0 Å². The predicted octanol–water partition coefficient (Wildman–Crippen LogP) is 0.705. The van der Waals surface area contributed by atoms with Crippen molar-refractivity contribution >= 4 is 11.6 Å². The van der Waals surface area contributed by atoms with Crippen LogP contribution in [0.15, 0.2) is 24.3 Å². The highest BCUT2D eigenvalue weighted by Gasteiger charge is 2.15. The fraction of sp³-hybridized carbons (Fsp3) is 0.417. The van der Waals surface area contributed by atoms with E-state index in [4.69, 9.17) is 4.74 Å². The maximum Gasteiger partial charge on any atom is 0.267 e. The van der Waals surface area contributed by atoms with Gasteiger partial charge in [0.25, 0.3) is 5.91 Å². The van der Waals surface area contributed by atoms with E-state index in [9.17, 15) is 4.79 Å². The molecule has 2 rings (SSSR count). The van der Waals surface area contributed by atoms with Gasteiger partial charge in [-0.15, -0.1) is 0 Å². The normalized spacial score (nSPS) is 16.5. The van der Waals surface area contributed by atoms with Gasteiger partial charge in [-0.3, -0.25) is 10.2 Å². The maximum absolute atomic E-state index is 12.1. The predicted molar refractivity (Wildman–Crippen MR) is 65.8 cm³/mol. The zero-order chi connectivity index (χ0) is 12.1. The monoisotopic (exact) mass is 235 g/mol. The van der Waals surface area contributed by atoms with Crippen molar-refractivity contribution in [3.63, 3.8) is 0 Å². The Bertz CT molecular complexity index is 389. The molecule has 1 amide bonds. The van der Waals surface area contributed by atoms with Gasteiger partial charge < -0.3 is 10.1 Å². The summed E-state index contributed by atoms with van der Waals surface area (Å²) >= 11 is 0. The fourth-order valence-electron chi connectivity index (χ4n) is 1.78. The number of carbonyl (C=O) groups is 1. The van der Waals surface area contributed by atoms with E-state index in [2.05, 4.69) is 10.7 Å². The summed E-state index contributed by atoms with van der Waals surface area (Å²) in [6.45, 7) is 2.78. The summed E-state index contributed by atoms with van der Waals surface area (Å²) in [6, 6.07) is 7.45. The molecule has 0 saturated carbocycles. The van der Waals surface area contributed by atoms with Crippen molar-refractivity contribution in [2.24, 2.45) is 0 Å². The van der Waals surface area contributed by atoms with Crippen LogP contribution in [0.4, 0.5) is 5.69 Å².